The fourth-order valence-electron chi connectivity index (χ4n) is 9.58. The molecule has 0 heterocycles. The molecule has 11 aromatic carbocycles. The van der Waals surface area contributed by atoms with Gasteiger partial charge in [0.25, 0.3) is 0 Å². The van der Waals surface area contributed by atoms with Crippen molar-refractivity contribution in [1.82, 2.24) is 0 Å². The quantitative estimate of drug-likeness (QED) is 0.150. The van der Waals surface area contributed by atoms with Gasteiger partial charge in [-0.1, -0.05) is 194 Å². The van der Waals surface area contributed by atoms with Crippen LogP contribution in [0, 0.1) is 0 Å². The second kappa shape index (κ2) is 16.4. The van der Waals surface area contributed by atoms with E-state index in [0.717, 1.165) is 99.4 Å². The molecule has 2 nitrogen and oxygen atoms in total. The Kier molecular flexibility index (Phi) is 9.88. The lowest BCUT2D eigenvalue weighted by molar-refractivity contribution is 0.475. The zero-order chi connectivity index (χ0) is 43.0. The predicted molar refractivity (Wildman–Crippen MR) is 268 cm³/mol. The minimum absolute atomic E-state index is 0.239. The van der Waals surface area contributed by atoms with Gasteiger partial charge in [0.2, 0.25) is 0 Å². The van der Waals surface area contributed by atoms with Gasteiger partial charge in [-0.3, -0.25) is 0 Å². The van der Waals surface area contributed by atoms with E-state index in [0.29, 0.717) is 0 Å². The molecule has 0 spiro atoms. The van der Waals surface area contributed by atoms with Crippen LogP contribution in [0.2, 0.25) is 0 Å². The van der Waals surface area contributed by atoms with Crippen molar-refractivity contribution < 1.29 is 10.2 Å². The second-order valence-electron chi connectivity index (χ2n) is 16.3. The number of phenols is 2. The Labute approximate surface area is 373 Å². The zero-order valence-electron chi connectivity index (χ0n) is 35.0. The fourth-order valence-corrected chi connectivity index (χ4v) is 9.58. The van der Waals surface area contributed by atoms with Gasteiger partial charge in [-0.2, -0.15) is 0 Å². The van der Waals surface area contributed by atoms with E-state index in [-0.39, 0.29) is 11.5 Å². The van der Waals surface area contributed by atoms with Crippen molar-refractivity contribution in [2.24, 2.45) is 0 Å². The number of fused-ring (bicyclic) bond motifs is 2. The molecule has 0 fully saturated rings. The summed E-state index contributed by atoms with van der Waals surface area (Å²) >= 11 is 0. The number of hydrogen-bond donors (Lipinski definition) is 2. The zero-order valence-corrected chi connectivity index (χ0v) is 35.0. The summed E-state index contributed by atoms with van der Waals surface area (Å²) in [5.74, 6) is 0.477. The van der Waals surface area contributed by atoms with Crippen LogP contribution in [-0.2, 0) is 0 Å². The maximum absolute atomic E-state index is 10.4. The lowest BCUT2D eigenvalue weighted by Gasteiger charge is -2.23. The molecule has 0 saturated carbocycles. The first-order valence-electron chi connectivity index (χ1n) is 21.7. The summed E-state index contributed by atoms with van der Waals surface area (Å²) < 4.78 is 0. The van der Waals surface area contributed by atoms with Crippen LogP contribution in [0.3, 0.4) is 0 Å². The molecular formula is C62H42O2. The van der Waals surface area contributed by atoms with Crippen molar-refractivity contribution in [3.8, 4) is 101 Å². The summed E-state index contributed by atoms with van der Waals surface area (Å²) in [6.45, 7) is 0. The highest BCUT2D eigenvalue weighted by molar-refractivity contribution is 6.22. The van der Waals surface area contributed by atoms with E-state index in [1.165, 1.54) is 11.1 Å². The van der Waals surface area contributed by atoms with Gasteiger partial charge in [-0.25, -0.2) is 0 Å². The Balaban J connectivity index is 1.24. The normalized spacial score (nSPS) is 11.2. The standard InChI is InChI=1S/C62H42O2/c63-49-33-29-45(30-34-49)59-55(41-17-5-1-6-18-41)37-47(38-56(59)42-19-7-2-8-20-42)61-51-25-13-15-27-53(51)62(54-28-16-14-26-52(54)61)48-39-57(43-21-9-3-10-22-43)60(46-31-35-50(64)36-32-46)58(40-48)44-23-11-4-12-24-44/h1-40,63-64H. The second-order valence-corrected chi connectivity index (χ2v) is 16.3. The third-order valence-corrected chi connectivity index (χ3v) is 12.4. The van der Waals surface area contributed by atoms with E-state index in [1.807, 2.05) is 24.3 Å². The van der Waals surface area contributed by atoms with Crippen LogP contribution in [0.1, 0.15) is 0 Å². The van der Waals surface area contributed by atoms with E-state index < -0.39 is 0 Å². The maximum atomic E-state index is 10.4. The van der Waals surface area contributed by atoms with Crippen molar-refractivity contribution in [3.05, 3.63) is 243 Å². The molecule has 0 atom stereocenters. The maximum Gasteiger partial charge on any atom is 0.115 e. The number of aromatic hydroxyl groups is 2. The van der Waals surface area contributed by atoms with Gasteiger partial charge in [0, 0.05) is 0 Å². The van der Waals surface area contributed by atoms with Gasteiger partial charge in [0.1, 0.15) is 11.5 Å². The summed E-state index contributed by atoms with van der Waals surface area (Å²) in [4.78, 5) is 0. The highest BCUT2D eigenvalue weighted by Gasteiger charge is 2.24. The van der Waals surface area contributed by atoms with Crippen LogP contribution < -0.4 is 0 Å². The molecule has 11 aromatic rings. The summed E-state index contributed by atoms with van der Waals surface area (Å²) in [7, 11) is 0. The lowest BCUT2D eigenvalue weighted by Crippen LogP contribution is -1.96. The van der Waals surface area contributed by atoms with E-state index in [2.05, 4.69) is 194 Å². The Morgan fingerprint density at radius 3 is 0.672 bits per heavy atom. The van der Waals surface area contributed by atoms with E-state index in [9.17, 15) is 10.2 Å². The van der Waals surface area contributed by atoms with Crippen LogP contribution in [0.25, 0.3) is 111 Å². The smallest absolute Gasteiger partial charge is 0.115 e. The molecule has 0 radical (unpaired) electrons. The van der Waals surface area contributed by atoms with Crippen LogP contribution in [-0.4, -0.2) is 10.2 Å². The van der Waals surface area contributed by atoms with Gasteiger partial charge in [0.15, 0.2) is 0 Å². The molecule has 11 rings (SSSR count). The van der Waals surface area contributed by atoms with Crippen LogP contribution >= 0.6 is 0 Å². The van der Waals surface area contributed by atoms with Crippen molar-refractivity contribution in [2.45, 2.75) is 0 Å². The first-order valence-corrected chi connectivity index (χ1v) is 21.7. The SMILES string of the molecule is Oc1ccc(-c2c(-c3ccccc3)cc(-c3c4ccccc4c(-c4cc(-c5ccccc5)c(-c5ccc(O)cc5)c(-c5ccccc5)c4)c4ccccc34)cc2-c2ccccc2)cc1. The first-order chi connectivity index (χ1) is 31.6. The molecule has 302 valence electrons. The molecule has 0 aliphatic heterocycles. The average molecular weight is 819 g/mol. The Morgan fingerprint density at radius 1 is 0.188 bits per heavy atom. The topological polar surface area (TPSA) is 40.5 Å². The molecule has 0 aliphatic rings. The van der Waals surface area contributed by atoms with Crippen LogP contribution in [0.5, 0.6) is 11.5 Å². The number of phenolic OH excluding ortho intramolecular Hbond substituents is 2. The minimum atomic E-state index is 0.239. The van der Waals surface area contributed by atoms with Gasteiger partial charge < -0.3 is 10.2 Å². The van der Waals surface area contributed by atoms with E-state index in [4.69, 9.17) is 0 Å². The Bertz CT molecular complexity index is 3040. The molecule has 0 amide bonds. The molecule has 2 heteroatoms. The van der Waals surface area contributed by atoms with E-state index in [1.54, 1.807) is 24.3 Å². The Morgan fingerprint density at radius 2 is 0.422 bits per heavy atom. The third-order valence-electron chi connectivity index (χ3n) is 12.4. The van der Waals surface area contributed by atoms with Crippen molar-refractivity contribution in [1.29, 1.82) is 0 Å². The highest BCUT2D eigenvalue weighted by atomic mass is 16.3. The molecule has 0 aromatic heterocycles. The van der Waals surface area contributed by atoms with E-state index >= 15 is 0 Å². The average Bonchev–Trinajstić information content (AvgIpc) is 3.36. The van der Waals surface area contributed by atoms with Crippen molar-refractivity contribution >= 4 is 21.5 Å². The molecule has 0 unspecified atom stereocenters. The summed E-state index contributed by atoms with van der Waals surface area (Å²) in [6, 6.07) is 84.9. The van der Waals surface area contributed by atoms with Crippen molar-refractivity contribution in [3.63, 3.8) is 0 Å². The molecule has 64 heavy (non-hydrogen) atoms. The Hall–Kier alpha value is -8.46. The number of benzene rings is 11. The largest absolute Gasteiger partial charge is 0.508 e. The summed E-state index contributed by atoms with van der Waals surface area (Å²) in [5, 5.41) is 25.4. The van der Waals surface area contributed by atoms with Crippen LogP contribution in [0.15, 0.2) is 243 Å². The summed E-state index contributed by atoms with van der Waals surface area (Å²) in [5.41, 5.74) is 17.8. The number of hydrogen-bond acceptors (Lipinski definition) is 2. The molecule has 0 bridgehead atoms. The molecule has 0 aliphatic carbocycles. The van der Waals surface area contributed by atoms with Gasteiger partial charge >= 0.3 is 0 Å². The minimum Gasteiger partial charge on any atom is -0.508 e. The van der Waals surface area contributed by atoms with Crippen LogP contribution in [0.4, 0.5) is 0 Å². The van der Waals surface area contributed by atoms with Gasteiger partial charge in [0.05, 0.1) is 0 Å². The number of rotatable bonds is 8. The monoisotopic (exact) mass is 818 g/mol. The molecular weight excluding hydrogens is 777 g/mol. The highest BCUT2D eigenvalue weighted by Crippen LogP contribution is 2.51. The van der Waals surface area contributed by atoms with Crippen molar-refractivity contribution in [2.75, 3.05) is 0 Å². The lowest BCUT2D eigenvalue weighted by atomic mass is 9.80. The predicted octanol–water partition coefficient (Wildman–Crippen LogP) is 16.7. The molecule has 0 saturated heterocycles. The fraction of sp³-hybridized carbons (Fsp3) is 0. The molecule has 2 N–H and O–H groups in total. The first kappa shape index (κ1) is 38.5. The van der Waals surface area contributed by atoms with Gasteiger partial charge in [-0.05, 0) is 159 Å². The van der Waals surface area contributed by atoms with Gasteiger partial charge in [-0.15, -0.1) is 0 Å². The summed E-state index contributed by atoms with van der Waals surface area (Å²) in [6.07, 6.45) is 0. The third kappa shape index (κ3) is 6.98.